The van der Waals surface area contributed by atoms with Crippen LogP contribution in [0, 0.1) is 13.8 Å². The molecule has 5 rings (SSSR count). The molecule has 1 atom stereocenters. The SMILES string of the molecule is Cc1ccc(-c2ccccc2C(=O)Nc2ccc(C(=O)N(C)c3cc(C)ccc3OCCCCC(C=O)N3CCN(C)CC3)cc2)cc1. The van der Waals surface area contributed by atoms with E-state index in [1.165, 1.54) is 0 Å². The largest absolute Gasteiger partial charge is 0.491 e. The summed E-state index contributed by atoms with van der Waals surface area (Å²) in [6.07, 6.45) is 3.58. The highest BCUT2D eigenvalue weighted by atomic mass is 16.5. The normalized spacial score (nSPS) is 14.2. The van der Waals surface area contributed by atoms with Crippen molar-refractivity contribution in [1.82, 2.24) is 9.80 Å². The van der Waals surface area contributed by atoms with E-state index in [2.05, 4.69) is 22.2 Å². The first-order valence-electron chi connectivity index (χ1n) is 16.7. The number of anilines is 2. The Hall–Kier alpha value is -4.79. The molecule has 1 fully saturated rings. The van der Waals surface area contributed by atoms with Crippen LogP contribution in [-0.2, 0) is 4.79 Å². The van der Waals surface area contributed by atoms with Crippen molar-refractivity contribution in [3.05, 3.63) is 113 Å². The third-order valence-corrected chi connectivity index (χ3v) is 9.02. The Kier molecular flexibility index (Phi) is 11.8. The fourth-order valence-electron chi connectivity index (χ4n) is 6.00. The predicted octanol–water partition coefficient (Wildman–Crippen LogP) is 6.86. The number of aryl methyl sites for hydroxylation is 2. The van der Waals surface area contributed by atoms with E-state index in [-0.39, 0.29) is 17.9 Å². The zero-order chi connectivity index (χ0) is 34.0. The summed E-state index contributed by atoms with van der Waals surface area (Å²) in [5.74, 6) is 0.234. The van der Waals surface area contributed by atoms with Gasteiger partial charge in [0.05, 0.1) is 18.3 Å². The fourth-order valence-corrected chi connectivity index (χ4v) is 6.00. The van der Waals surface area contributed by atoms with Crippen molar-refractivity contribution in [1.29, 1.82) is 0 Å². The number of amides is 2. The van der Waals surface area contributed by atoms with Crippen LogP contribution in [0.3, 0.4) is 0 Å². The summed E-state index contributed by atoms with van der Waals surface area (Å²) >= 11 is 0. The van der Waals surface area contributed by atoms with Crippen LogP contribution in [0.5, 0.6) is 5.75 Å². The second-order valence-electron chi connectivity index (χ2n) is 12.7. The minimum absolute atomic E-state index is 0.0495. The lowest BCUT2D eigenvalue weighted by Crippen LogP contribution is -2.49. The standard InChI is InChI=1S/C40H46N4O4/c1-29-12-15-31(16-13-29)35-10-5-6-11-36(35)39(46)41-33-19-17-32(18-20-33)40(47)43(4)37-27-30(2)14-21-38(37)48-26-8-7-9-34(28-45)44-24-22-42(3)23-25-44/h5-6,10-21,27-28,34H,7-9,22-26H2,1-4H3,(H,41,46). The van der Waals surface area contributed by atoms with Crippen molar-refractivity contribution < 1.29 is 19.1 Å². The Balaban J connectivity index is 1.18. The van der Waals surface area contributed by atoms with E-state index in [4.69, 9.17) is 4.74 Å². The molecule has 0 spiro atoms. The van der Waals surface area contributed by atoms with Gasteiger partial charge in [0.1, 0.15) is 12.0 Å². The number of piperazine rings is 1. The highest BCUT2D eigenvalue weighted by Crippen LogP contribution is 2.31. The van der Waals surface area contributed by atoms with Crippen molar-refractivity contribution in [3.63, 3.8) is 0 Å². The molecule has 0 radical (unpaired) electrons. The maximum absolute atomic E-state index is 13.6. The Morgan fingerprint density at radius 1 is 0.875 bits per heavy atom. The fraction of sp³-hybridized carbons (Fsp3) is 0.325. The number of nitrogens with zero attached hydrogens (tertiary/aromatic N) is 3. The highest BCUT2D eigenvalue weighted by molar-refractivity contribution is 6.09. The molecule has 1 aliphatic rings. The molecule has 8 nitrogen and oxygen atoms in total. The molecule has 0 bridgehead atoms. The molecule has 1 unspecified atom stereocenters. The van der Waals surface area contributed by atoms with E-state index in [1.54, 1.807) is 36.2 Å². The van der Waals surface area contributed by atoms with Gasteiger partial charge in [0.25, 0.3) is 11.8 Å². The summed E-state index contributed by atoms with van der Waals surface area (Å²) in [5, 5.41) is 2.98. The number of unbranched alkanes of at least 4 members (excludes halogenated alkanes) is 1. The highest BCUT2D eigenvalue weighted by Gasteiger charge is 2.22. The molecule has 4 aromatic rings. The molecule has 0 aliphatic carbocycles. The van der Waals surface area contributed by atoms with Crippen molar-refractivity contribution in [2.75, 3.05) is 57.1 Å². The maximum atomic E-state index is 13.6. The molecule has 4 aromatic carbocycles. The van der Waals surface area contributed by atoms with Gasteiger partial charge in [0.15, 0.2) is 0 Å². The average Bonchev–Trinajstić information content (AvgIpc) is 3.11. The first kappa shape index (κ1) is 34.5. The third-order valence-electron chi connectivity index (χ3n) is 9.02. The minimum Gasteiger partial charge on any atom is -0.491 e. The zero-order valence-corrected chi connectivity index (χ0v) is 28.4. The number of nitrogens with one attached hydrogen (secondary N) is 1. The quantitative estimate of drug-likeness (QED) is 0.126. The molecular formula is C40H46N4O4. The molecule has 8 heteroatoms. The summed E-state index contributed by atoms with van der Waals surface area (Å²) < 4.78 is 6.18. The van der Waals surface area contributed by atoms with E-state index in [0.717, 1.165) is 74.0 Å². The number of carbonyl (C=O) groups is 3. The third kappa shape index (κ3) is 8.76. The number of carbonyl (C=O) groups excluding carboxylic acids is 3. The van der Waals surface area contributed by atoms with Gasteiger partial charge in [-0.3, -0.25) is 14.5 Å². The van der Waals surface area contributed by atoms with Crippen LogP contribution < -0.4 is 15.0 Å². The number of likely N-dealkylation sites (N-methyl/N-ethyl adjacent to an activating group) is 1. The molecule has 0 saturated carbocycles. The van der Waals surface area contributed by atoms with Gasteiger partial charge >= 0.3 is 0 Å². The number of ether oxygens (including phenoxy) is 1. The monoisotopic (exact) mass is 646 g/mol. The van der Waals surface area contributed by atoms with E-state index in [0.29, 0.717) is 34.9 Å². The molecular weight excluding hydrogens is 600 g/mol. The number of rotatable bonds is 13. The van der Waals surface area contributed by atoms with Crippen LogP contribution >= 0.6 is 0 Å². The summed E-state index contributed by atoms with van der Waals surface area (Å²) in [6, 6.07) is 28.3. The Labute approximate surface area is 284 Å². The molecule has 1 saturated heterocycles. The van der Waals surface area contributed by atoms with Gasteiger partial charge in [-0.15, -0.1) is 0 Å². The first-order chi connectivity index (χ1) is 23.2. The van der Waals surface area contributed by atoms with Gasteiger partial charge in [0.2, 0.25) is 0 Å². The topological polar surface area (TPSA) is 82.2 Å². The zero-order valence-electron chi connectivity index (χ0n) is 28.4. The van der Waals surface area contributed by atoms with E-state index >= 15 is 0 Å². The number of hydrogen-bond donors (Lipinski definition) is 1. The van der Waals surface area contributed by atoms with Crippen LogP contribution in [0.1, 0.15) is 51.1 Å². The summed E-state index contributed by atoms with van der Waals surface area (Å²) in [6.45, 7) is 8.33. The van der Waals surface area contributed by atoms with Gasteiger partial charge in [-0.2, -0.15) is 0 Å². The van der Waals surface area contributed by atoms with Crippen LogP contribution in [0.2, 0.25) is 0 Å². The lowest BCUT2D eigenvalue weighted by atomic mass is 9.98. The molecule has 48 heavy (non-hydrogen) atoms. The minimum atomic E-state index is -0.218. The van der Waals surface area contributed by atoms with E-state index in [1.807, 2.05) is 80.6 Å². The Morgan fingerprint density at radius 3 is 2.27 bits per heavy atom. The van der Waals surface area contributed by atoms with Gasteiger partial charge < -0.3 is 24.6 Å². The molecule has 1 aliphatic heterocycles. The second kappa shape index (κ2) is 16.4. The molecule has 250 valence electrons. The maximum Gasteiger partial charge on any atom is 0.258 e. The summed E-state index contributed by atoms with van der Waals surface area (Å²) in [5.41, 5.74) is 6.36. The lowest BCUT2D eigenvalue weighted by Gasteiger charge is -2.35. The van der Waals surface area contributed by atoms with Crippen molar-refractivity contribution >= 4 is 29.5 Å². The predicted molar refractivity (Wildman–Crippen MR) is 193 cm³/mol. The molecule has 1 heterocycles. The van der Waals surface area contributed by atoms with Crippen molar-refractivity contribution in [2.45, 2.75) is 39.2 Å². The lowest BCUT2D eigenvalue weighted by molar-refractivity contribution is -0.113. The van der Waals surface area contributed by atoms with E-state index in [9.17, 15) is 14.4 Å². The number of aldehydes is 1. The van der Waals surface area contributed by atoms with Crippen molar-refractivity contribution in [3.8, 4) is 16.9 Å². The smallest absolute Gasteiger partial charge is 0.258 e. The van der Waals surface area contributed by atoms with Crippen LogP contribution in [0.4, 0.5) is 11.4 Å². The second-order valence-corrected chi connectivity index (χ2v) is 12.7. The molecule has 2 amide bonds. The van der Waals surface area contributed by atoms with Crippen LogP contribution in [-0.4, -0.2) is 80.8 Å². The van der Waals surface area contributed by atoms with Crippen LogP contribution in [0.25, 0.3) is 11.1 Å². The average molecular weight is 647 g/mol. The Morgan fingerprint density at radius 2 is 1.56 bits per heavy atom. The van der Waals surface area contributed by atoms with Gasteiger partial charge in [-0.05, 0) is 99.3 Å². The Bertz CT molecular complexity index is 1700. The van der Waals surface area contributed by atoms with E-state index < -0.39 is 0 Å². The molecule has 1 N–H and O–H groups in total. The van der Waals surface area contributed by atoms with Crippen molar-refractivity contribution in [2.24, 2.45) is 0 Å². The number of benzene rings is 4. The van der Waals surface area contributed by atoms with Crippen LogP contribution in [0.15, 0.2) is 91.0 Å². The van der Waals surface area contributed by atoms with Gasteiger partial charge in [-0.1, -0.05) is 54.1 Å². The first-order valence-corrected chi connectivity index (χ1v) is 16.7. The number of hydrogen-bond acceptors (Lipinski definition) is 6. The van der Waals surface area contributed by atoms with Gasteiger partial charge in [0, 0.05) is 50.0 Å². The van der Waals surface area contributed by atoms with Gasteiger partial charge in [-0.25, -0.2) is 0 Å². The molecule has 0 aromatic heterocycles. The summed E-state index contributed by atoms with van der Waals surface area (Å²) in [4.78, 5) is 44.8. The summed E-state index contributed by atoms with van der Waals surface area (Å²) in [7, 11) is 3.85.